The van der Waals surface area contributed by atoms with Gasteiger partial charge in [-0.05, 0) is 42.5 Å². The maximum Gasteiger partial charge on any atom is 0.270 e. The van der Waals surface area contributed by atoms with Crippen LogP contribution in [0.2, 0.25) is 0 Å². The van der Waals surface area contributed by atoms with Gasteiger partial charge in [0.05, 0.1) is 6.54 Å². The number of nitrogens with zero attached hydrogens (tertiary/aromatic N) is 1. The highest BCUT2D eigenvalue weighted by Crippen LogP contribution is 2.23. The Hall–Kier alpha value is -2.07. The summed E-state index contributed by atoms with van der Waals surface area (Å²) < 4.78 is 0. The van der Waals surface area contributed by atoms with Gasteiger partial charge in [-0.15, -0.1) is 11.3 Å². The summed E-state index contributed by atoms with van der Waals surface area (Å²) in [6.45, 7) is 4.73. The van der Waals surface area contributed by atoms with E-state index in [1.54, 1.807) is 16.2 Å². The zero-order valence-electron chi connectivity index (χ0n) is 12.4. The number of hydrogen-bond acceptors (Lipinski definition) is 2. The molecular formula is C17H18N2OS. The third-order valence-corrected chi connectivity index (χ3v) is 4.88. The Morgan fingerprint density at radius 2 is 2.00 bits per heavy atom. The third kappa shape index (κ3) is 2.47. The van der Waals surface area contributed by atoms with Crippen LogP contribution in [-0.2, 0) is 6.54 Å². The standard InChI is InChI=1S/C17H18N2OS/c1-11-8-9-21-15(11)10-19(3)17(20)16-12(2)13-6-4-5-7-14(13)18-16/h4-9,18H,10H2,1-3H3. The van der Waals surface area contributed by atoms with Gasteiger partial charge in [0.15, 0.2) is 0 Å². The Morgan fingerprint density at radius 1 is 1.24 bits per heavy atom. The van der Waals surface area contributed by atoms with Gasteiger partial charge in [-0.1, -0.05) is 18.2 Å². The fraction of sp³-hybridized carbons (Fsp3) is 0.235. The van der Waals surface area contributed by atoms with Crippen molar-refractivity contribution in [2.75, 3.05) is 7.05 Å². The number of carbonyl (C=O) groups is 1. The topological polar surface area (TPSA) is 36.1 Å². The molecule has 0 aliphatic carbocycles. The molecule has 108 valence electrons. The molecule has 2 aromatic heterocycles. The Kier molecular flexibility index (Phi) is 3.55. The maximum atomic E-state index is 12.7. The molecular weight excluding hydrogens is 280 g/mol. The zero-order valence-corrected chi connectivity index (χ0v) is 13.3. The van der Waals surface area contributed by atoms with Crippen molar-refractivity contribution >= 4 is 28.1 Å². The van der Waals surface area contributed by atoms with Crippen LogP contribution in [0.5, 0.6) is 0 Å². The minimum atomic E-state index is 0.0384. The molecule has 4 heteroatoms. The van der Waals surface area contributed by atoms with Crippen LogP contribution in [0.1, 0.15) is 26.5 Å². The number of H-pyrrole nitrogens is 1. The molecule has 0 bridgehead atoms. The van der Waals surface area contributed by atoms with Gasteiger partial charge in [-0.2, -0.15) is 0 Å². The van der Waals surface area contributed by atoms with Gasteiger partial charge in [0.2, 0.25) is 0 Å². The van der Waals surface area contributed by atoms with E-state index in [1.807, 2.05) is 38.2 Å². The van der Waals surface area contributed by atoms with Gasteiger partial charge in [0, 0.05) is 22.8 Å². The second-order valence-electron chi connectivity index (χ2n) is 5.36. The number of rotatable bonds is 3. The number of carbonyl (C=O) groups excluding carboxylic acids is 1. The van der Waals surface area contributed by atoms with Gasteiger partial charge < -0.3 is 9.88 Å². The fourth-order valence-electron chi connectivity index (χ4n) is 2.54. The molecule has 1 aromatic carbocycles. The predicted molar refractivity (Wildman–Crippen MR) is 87.9 cm³/mol. The number of thiophene rings is 1. The second-order valence-corrected chi connectivity index (χ2v) is 6.36. The molecule has 3 rings (SSSR count). The van der Waals surface area contributed by atoms with Gasteiger partial charge in [0.1, 0.15) is 5.69 Å². The molecule has 0 saturated heterocycles. The number of hydrogen-bond donors (Lipinski definition) is 1. The van der Waals surface area contributed by atoms with E-state index in [0.29, 0.717) is 12.2 Å². The van der Waals surface area contributed by atoms with Crippen LogP contribution in [0.4, 0.5) is 0 Å². The van der Waals surface area contributed by atoms with E-state index in [4.69, 9.17) is 0 Å². The van der Waals surface area contributed by atoms with Crippen molar-refractivity contribution in [3.63, 3.8) is 0 Å². The van der Waals surface area contributed by atoms with Gasteiger partial charge in [-0.25, -0.2) is 0 Å². The zero-order chi connectivity index (χ0) is 15.0. The van der Waals surface area contributed by atoms with Crippen molar-refractivity contribution in [1.82, 2.24) is 9.88 Å². The van der Waals surface area contributed by atoms with E-state index >= 15 is 0 Å². The minimum Gasteiger partial charge on any atom is -0.350 e. The molecule has 0 spiro atoms. The Bertz CT molecular complexity index is 800. The molecule has 1 N–H and O–H groups in total. The largest absolute Gasteiger partial charge is 0.350 e. The van der Waals surface area contributed by atoms with Gasteiger partial charge in [-0.3, -0.25) is 4.79 Å². The number of amides is 1. The van der Waals surface area contributed by atoms with Crippen LogP contribution in [0.15, 0.2) is 35.7 Å². The number of para-hydroxylation sites is 1. The molecule has 0 aliphatic heterocycles. The van der Waals surface area contributed by atoms with Crippen molar-refractivity contribution in [3.8, 4) is 0 Å². The van der Waals surface area contributed by atoms with E-state index in [0.717, 1.165) is 16.5 Å². The lowest BCUT2D eigenvalue weighted by Gasteiger charge is -2.16. The quantitative estimate of drug-likeness (QED) is 0.776. The first kappa shape index (κ1) is 13.9. The Morgan fingerprint density at radius 3 is 2.67 bits per heavy atom. The molecule has 0 saturated carbocycles. The van der Waals surface area contributed by atoms with Crippen molar-refractivity contribution in [2.24, 2.45) is 0 Å². The molecule has 2 heterocycles. The lowest BCUT2D eigenvalue weighted by Crippen LogP contribution is -2.26. The molecule has 3 nitrogen and oxygen atoms in total. The predicted octanol–water partition coefficient (Wildman–Crippen LogP) is 4.12. The smallest absolute Gasteiger partial charge is 0.270 e. The van der Waals surface area contributed by atoms with Crippen LogP contribution >= 0.6 is 11.3 Å². The molecule has 3 aromatic rings. The summed E-state index contributed by atoms with van der Waals surface area (Å²) in [7, 11) is 1.85. The highest BCUT2D eigenvalue weighted by molar-refractivity contribution is 7.10. The first-order valence-corrected chi connectivity index (χ1v) is 7.81. The number of benzene rings is 1. The summed E-state index contributed by atoms with van der Waals surface area (Å²) in [6.07, 6.45) is 0. The summed E-state index contributed by atoms with van der Waals surface area (Å²) in [6, 6.07) is 10.1. The molecule has 0 radical (unpaired) electrons. The van der Waals surface area contributed by atoms with Crippen LogP contribution in [-0.4, -0.2) is 22.8 Å². The van der Waals surface area contributed by atoms with Crippen LogP contribution in [0.3, 0.4) is 0 Å². The Labute approximate surface area is 128 Å². The normalized spacial score (nSPS) is 11.0. The van der Waals surface area contributed by atoms with Crippen molar-refractivity contribution in [1.29, 1.82) is 0 Å². The van der Waals surface area contributed by atoms with Crippen molar-refractivity contribution < 1.29 is 4.79 Å². The number of fused-ring (bicyclic) bond motifs is 1. The number of aryl methyl sites for hydroxylation is 2. The minimum absolute atomic E-state index is 0.0384. The van der Waals surface area contributed by atoms with E-state index in [1.165, 1.54) is 10.4 Å². The lowest BCUT2D eigenvalue weighted by atomic mass is 10.1. The fourth-order valence-corrected chi connectivity index (χ4v) is 3.50. The van der Waals surface area contributed by atoms with Gasteiger partial charge >= 0.3 is 0 Å². The molecule has 0 unspecified atom stereocenters. The second kappa shape index (κ2) is 5.37. The van der Waals surface area contributed by atoms with Crippen LogP contribution < -0.4 is 0 Å². The molecule has 0 fully saturated rings. The Balaban J connectivity index is 1.89. The lowest BCUT2D eigenvalue weighted by molar-refractivity contribution is 0.0781. The van der Waals surface area contributed by atoms with Crippen LogP contribution in [0.25, 0.3) is 10.9 Å². The summed E-state index contributed by atoms with van der Waals surface area (Å²) in [5, 5.41) is 3.18. The molecule has 0 atom stereocenters. The van der Waals surface area contributed by atoms with Gasteiger partial charge in [0.25, 0.3) is 5.91 Å². The summed E-state index contributed by atoms with van der Waals surface area (Å²) >= 11 is 1.70. The third-order valence-electron chi connectivity index (χ3n) is 3.88. The SMILES string of the molecule is Cc1ccsc1CN(C)C(=O)c1[nH]c2ccccc2c1C. The van der Waals surface area contributed by atoms with E-state index in [2.05, 4.69) is 23.4 Å². The average molecular weight is 298 g/mol. The van der Waals surface area contributed by atoms with Crippen LogP contribution in [0, 0.1) is 13.8 Å². The molecule has 21 heavy (non-hydrogen) atoms. The first-order valence-electron chi connectivity index (χ1n) is 6.93. The monoisotopic (exact) mass is 298 g/mol. The highest BCUT2D eigenvalue weighted by Gasteiger charge is 2.19. The van der Waals surface area contributed by atoms with Crippen molar-refractivity contribution in [2.45, 2.75) is 20.4 Å². The summed E-state index contributed by atoms with van der Waals surface area (Å²) in [5.74, 6) is 0.0384. The van der Waals surface area contributed by atoms with Crippen molar-refractivity contribution in [3.05, 3.63) is 57.4 Å². The summed E-state index contributed by atoms with van der Waals surface area (Å²) in [5.41, 5.74) is 3.96. The molecule has 0 aliphatic rings. The average Bonchev–Trinajstić information content (AvgIpc) is 3.03. The molecule has 1 amide bonds. The number of aromatic amines is 1. The summed E-state index contributed by atoms with van der Waals surface area (Å²) in [4.78, 5) is 18.9. The first-order chi connectivity index (χ1) is 10.1. The van der Waals surface area contributed by atoms with E-state index in [-0.39, 0.29) is 5.91 Å². The maximum absolute atomic E-state index is 12.7. The van der Waals surface area contributed by atoms with E-state index in [9.17, 15) is 4.79 Å². The highest BCUT2D eigenvalue weighted by atomic mass is 32.1. The van der Waals surface area contributed by atoms with E-state index < -0.39 is 0 Å². The number of nitrogens with one attached hydrogen (secondary N) is 1. The number of aromatic nitrogens is 1.